The van der Waals surface area contributed by atoms with E-state index in [-0.39, 0.29) is 17.5 Å². The van der Waals surface area contributed by atoms with Crippen molar-refractivity contribution in [2.75, 3.05) is 10.7 Å². The number of benzene rings is 1. The van der Waals surface area contributed by atoms with Gasteiger partial charge in [0.25, 0.3) is 11.8 Å². The van der Waals surface area contributed by atoms with Crippen molar-refractivity contribution in [3.8, 4) is 0 Å². The summed E-state index contributed by atoms with van der Waals surface area (Å²) in [6.45, 7) is 2.13. The van der Waals surface area contributed by atoms with Crippen LogP contribution in [0.5, 0.6) is 0 Å². The number of anilines is 1. The Morgan fingerprint density at radius 1 is 1.16 bits per heavy atom. The first-order valence-corrected chi connectivity index (χ1v) is 10.2. The predicted octanol–water partition coefficient (Wildman–Crippen LogP) is 5.26. The van der Waals surface area contributed by atoms with E-state index in [4.69, 9.17) is 11.6 Å². The fourth-order valence-corrected chi connectivity index (χ4v) is 4.64. The summed E-state index contributed by atoms with van der Waals surface area (Å²) in [5.41, 5.74) is 1.90. The van der Waals surface area contributed by atoms with Gasteiger partial charge in [-0.15, -0.1) is 0 Å². The zero-order valence-electron chi connectivity index (χ0n) is 14.2. The molecule has 134 valence electrons. The summed E-state index contributed by atoms with van der Waals surface area (Å²) < 4.78 is 14.5. The molecule has 2 amide bonds. The standard InChI is InChI=1S/C19H21ClFNO2S/c1-2-3-8-25-11-12-9-17(16(21)10-15(12)20)22-18(23)13-6-4-5-7-14(13)19(22)24/h9-10H,2-8,11H2,1H3. The van der Waals surface area contributed by atoms with Gasteiger partial charge in [-0.1, -0.05) is 24.9 Å². The molecule has 1 heterocycles. The van der Waals surface area contributed by atoms with Gasteiger partial charge in [0.15, 0.2) is 0 Å². The van der Waals surface area contributed by atoms with Gasteiger partial charge in [-0.2, -0.15) is 11.8 Å². The van der Waals surface area contributed by atoms with Crippen LogP contribution < -0.4 is 4.90 Å². The molecule has 0 unspecified atom stereocenters. The smallest absolute Gasteiger partial charge is 0.261 e. The van der Waals surface area contributed by atoms with Crippen molar-refractivity contribution in [3.05, 3.63) is 39.7 Å². The van der Waals surface area contributed by atoms with Gasteiger partial charge in [-0.05, 0) is 55.6 Å². The topological polar surface area (TPSA) is 37.4 Å². The average molecular weight is 382 g/mol. The number of thioether (sulfide) groups is 1. The lowest BCUT2D eigenvalue weighted by Gasteiger charge is -2.18. The van der Waals surface area contributed by atoms with Gasteiger partial charge in [-0.25, -0.2) is 9.29 Å². The van der Waals surface area contributed by atoms with Crippen LogP contribution in [0.25, 0.3) is 0 Å². The third kappa shape index (κ3) is 3.63. The summed E-state index contributed by atoms with van der Waals surface area (Å²) in [4.78, 5) is 26.3. The van der Waals surface area contributed by atoms with Crippen LogP contribution in [-0.4, -0.2) is 17.6 Å². The van der Waals surface area contributed by atoms with Gasteiger partial charge in [0.05, 0.1) is 5.69 Å². The second-order valence-corrected chi connectivity index (χ2v) is 7.92. The van der Waals surface area contributed by atoms with Crippen molar-refractivity contribution in [1.29, 1.82) is 0 Å². The third-order valence-electron chi connectivity index (χ3n) is 4.65. The molecule has 0 saturated carbocycles. The van der Waals surface area contributed by atoms with Gasteiger partial charge in [0.2, 0.25) is 0 Å². The van der Waals surface area contributed by atoms with Crippen LogP contribution in [0.2, 0.25) is 5.02 Å². The Morgan fingerprint density at radius 2 is 1.80 bits per heavy atom. The van der Waals surface area contributed by atoms with Crippen molar-refractivity contribution < 1.29 is 14.0 Å². The summed E-state index contributed by atoms with van der Waals surface area (Å²) in [7, 11) is 0. The maximum atomic E-state index is 14.5. The molecule has 1 aromatic carbocycles. The number of nitrogens with zero attached hydrogens (tertiary/aromatic N) is 1. The van der Waals surface area contributed by atoms with Crippen LogP contribution in [0.4, 0.5) is 10.1 Å². The maximum absolute atomic E-state index is 14.5. The zero-order chi connectivity index (χ0) is 18.0. The monoisotopic (exact) mass is 381 g/mol. The highest BCUT2D eigenvalue weighted by molar-refractivity contribution is 7.98. The van der Waals surface area contributed by atoms with Crippen molar-refractivity contribution >= 4 is 40.9 Å². The number of halogens is 2. The summed E-state index contributed by atoms with van der Waals surface area (Å²) in [6.07, 6.45) is 5.22. The van der Waals surface area contributed by atoms with Gasteiger partial charge in [0, 0.05) is 21.9 Å². The molecule has 25 heavy (non-hydrogen) atoms. The summed E-state index contributed by atoms with van der Waals surface area (Å²) in [5.74, 6) is 0.261. The number of unbranched alkanes of at least 4 members (excludes halogenated alkanes) is 1. The molecule has 2 aliphatic rings. The second kappa shape index (κ2) is 7.92. The number of hydrogen-bond donors (Lipinski definition) is 0. The molecule has 0 aromatic heterocycles. The molecule has 1 aliphatic carbocycles. The molecule has 0 saturated heterocycles. The van der Waals surface area contributed by atoms with Gasteiger partial charge < -0.3 is 0 Å². The summed E-state index contributed by atoms with van der Waals surface area (Å²) >= 11 is 7.88. The molecule has 0 radical (unpaired) electrons. The predicted molar refractivity (Wildman–Crippen MR) is 100 cm³/mol. The van der Waals surface area contributed by atoms with E-state index < -0.39 is 5.82 Å². The number of carbonyl (C=O) groups is 2. The molecule has 3 nitrogen and oxygen atoms in total. The minimum atomic E-state index is -0.631. The molecule has 1 aromatic rings. The highest BCUT2D eigenvalue weighted by Gasteiger charge is 2.40. The SMILES string of the molecule is CCCCSCc1cc(N2C(=O)C3=C(CCCC3)C2=O)c(F)cc1Cl. The van der Waals surface area contributed by atoms with Crippen LogP contribution in [-0.2, 0) is 15.3 Å². The Labute approximate surface area is 156 Å². The van der Waals surface area contributed by atoms with E-state index in [1.807, 2.05) is 0 Å². The molecule has 0 N–H and O–H groups in total. The number of hydrogen-bond acceptors (Lipinski definition) is 3. The van der Waals surface area contributed by atoms with Crippen molar-refractivity contribution in [2.24, 2.45) is 0 Å². The van der Waals surface area contributed by atoms with E-state index in [0.29, 0.717) is 34.8 Å². The van der Waals surface area contributed by atoms with Gasteiger partial charge in [-0.3, -0.25) is 9.59 Å². The van der Waals surface area contributed by atoms with E-state index in [9.17, 15) is 14.0 Å². The molecule has 6 heteroatoms. The molecule has 0 fully saturated rings. The van der Waals surface area contributed by atoms with E-state index in [0.717, 1.165) is 41.9 Å². The second-order valence-electron chi connectivity index (χ2n) is 6.41. The first-order chi connectivity index (χ1) is 12.0. The molecule has 0 atom stereocenters. The summed E-state index contributed by atoms with van der Waals surface area (Å²) in [6, 6.07) is 2.77. The van der Waals surface area contributed by atoms with E-state index in [2.05, 4.69) is 6.92 Å². The van der Waals surface area contributed by atoms with Crippen LogP contribution in [0, 0.1) is 5.82 Å². The molecular weight excluding hydrogens is 361 g/mol. The van der Waals surface area contributed by atoms with E-state index in [1.165, 1.54) is 6.07 Å². The number of amides is 2. The molecular formula is C19H21ClFNO2S. The summed E-state index contributed by atoms with van der Waals surface area (Å²) in [5, 5.41) is 0.335. The largest absolute Gasteiger partial charge is 0.269 e. The van der Waals surface area contributed by atoms with Crippen LogP contribution >= 0.6 is 23.4 Å². The number of carbonyl (C=O) groups excluding carboxylic acids is 2. The maximum Gasteiger partial charge on any atom is 0.261 e. The Kier molecular flexibility index (Phi) is 5.85. The minimum Gasteiger partial charge on any atom is -0.269 e. The number of rotatable bonds is 6. The molecule has 3 rings (SSSR count). The van der Waals surface area contributed by atoms with Crippen LogP contribution in [0.1, 0.15) is 51.0 Å². The molecule has 0 bridgehead atoms. The lowest BCUT2D eigenvalue weighted by atomic mass is 9.93. The highest BCUT2D eigenvalue weighted by atomic mass is 35.5. The van der Waals surface area contributed by atoms with Crippen molar-refractivity contribution in [1.82, 2.24) is 0 Å². The molecule has 0 spiro atoms. The van der Waals surface area contributed by atoms with E-state index >= 15 is 0 Å². The highest BCUT2D eigenvalue weighted by Crippen LogP contribution is 2.38. The Morgan fingerprint density at radius 3 is 2.40 bits per heavy atom. The fraction of sp³-hybridized carbons (Fsp3) is 0.474. The Bertz CT molecular complexity index is 719. The lowest BCUT2D eigenvalue weighted by molar-refractivity contribution is -0.120. The number of imide groups is 1. The first kappa shape index (κ1) is 18.5. The average Bonchev–Trinajstić information content (AvgIpc) is 2.85. The zero-order valence-corrected chi connectivity index (χ0v) is 15.8. The Balaban J connectivity index is 1.87. The normalized spacial score (nSPS) is 17.5. The van der Waals surface area contributed by atoms with Crippen molar-refractivity contribution in [2.45, 2.75) is 51.2 Å². The molecule has 1 aliphatic heterocycles. The quantitative estimate of drug-likeness (QED) is 0.498. The lowest BCUT2D eigenvalue weighted by Crippen LogP contribution is -2.32. The van der Waals surface area contributed by atoms with Crippen LogP contribution in [0.15, 0.2) is 23.3 Å². The Hall–Kier alpha value is -1.33. The van der Waals surface area contributed by atoms with E-state index in [1.54, 1.807) is 17.8 Å². The van der Waals surface area contributed by atoms with Crippen LogP contribution in [0.3, 0.4) is 0 Å². The first-order valence-electron chi connectivity index (χ1n) is 8.71. The van der Waals surface area contributed by atoms with Gasteiger partial charge in [0.1, 0.15) is 5.82 Å². The van der Waals surface area contributed by atoms with Crippen molar-refractivity contribution in [3.63, 3.8) is 0 Å². The van der Waals surface area contributed by atoms with Gasteiger partial charge >= 0.3 is 0 Å². The fourth-order valence-electron chi connectivity index (χ4n) is 3.25. The third-order valence-corrected chi connectivity index (χ3v) is 6.09. The minimum absolute atomic E-state index is 0.0277.